The van der Waals surface area contributed by atoms with E-state index in [2.05, 4.69) is 26.1 Å². The van der Waals surface area contributed by atoms with E-state index >= 15 is 0 Å². The highest BCUT2D eigenvalue weighted by Crippen LogP contribution is 2.28. The van der Waals surface area contributed by atoms with Crippen molar-refractivity contribution >= 4 is 17.3 Å². The number of ether oxygens (including phenoxy) is 1. The maximum Gasteiger partial charge on any atom is 0.142 e. The molecule has 0 fully saturated rings. The van der Waals surface area contributed by atoms with Gasteiger partial charge in [0, 0.05) is 11.1 Å². The minimum absolute atomic E-state index is 0.368. The molecule has 0 atom stereocenters. The van der Waals surface area contributed by atoms with Gasteiger partial charge in [0.15, 0.2) is 0 Å². The molecule has 84 valence electrons. The van der Waals surface area contributed by atoms with Crippen molar-refractivity contribution in [1.82, 2.24) is 0 Å². The lowest BCUT2D eigenvalue weighted by molar-refractivity contribution is 0.318. The lowest BCUT2D eigenvalue weighted by Crippen LogP contribution is -2.11. The molecule has 0 unspecified atom stereocenters. The molecule has 0 aliphatic heterocycles. The summed E-state index contributed by atoms with van der Waals surface area (Å²) < 4.78 is 5.62. The van der Waals surface area contributed by atoms with Crippen LogP contribution in [-0.2, 0) is 0 Å². The van der Waals surface area contributed by atoms with Crippen molar-refractivity contribution in [2.75, 3.05) is 11.9 Å². The summed E-state index contributed by atoms with van der Waals surface area (Å²) in [6.45, 7) is 6.99. The third-order valence-electron chi connectivity index (χ3n) is 1.85. The van der Waals surface area contributed by atoms with Gasteiger partial charge in [-0.1, -0.05) is 18.5 Å². The molecule has 0 bridgehead atoms. The quantitative estimate of drug-likeness (QED) is 0.823. The molecule has 0 heterocycles. The Kier molecular flexibility index (Phi) is 4.76. The van der Waals surface area contributed by atoms with Crippen molar-refractivity contribution in [3.63, 3.8) is 0 Å². The van der Waals surface area contributed by atoms with E-state index in [0.29, 0.717) is 6.04 Å². The summed E-state index contributed by atoms with van der Waals surface area (Å²) in [4.78, 5) is 0. The van der Waals surface area contributed by atoms with Gasteiger partial charge >= 0.3 is 0 Å². The number of hydrogen-bond donors (Lipinski definition) is 1. The van der Waals surface area contributed by atoms with Gasteiger partial charge in [-0.2, -0.15) is 0 Å². The molecule has 1 aromatic carbocycles. The minimum Gasteiger partial charge on any atom is -0.491 e. The van der Waals surface area contributed by atoms with Crippen LogP contribution in [0.4, 0.5) is 5.69 Å². The first-order chi connectivity index (χ1) is 7.13. The van der Waals surface area contributed by atoms with E-state index in [1.807, 2.05) is 18.2 Å². The molecule has 0 saturated heterocycles. The molecule has 1 N–H and O–H groups in total. The van der Waals surface area contributed by atoms with Gasteiger partial charge in [-0.25, -0.2) is 0 Å². The third kappa shape index (κ3) is 4.00. The Balaban J connectivity index is 2.82. The SMILES string of the molecule is CCCOc1ccc(Cl)cc1NC(C)C. The molecule has 0 aliphatic rings. The van der Waals surface area contributed by atoms with E-state index in [4.69, 9.17) is 16.3 Å². The van der Waals surface area contributed by atoms with Crippen LogP contribution in [0.2, 0.25) is 5.02 Å². The Morgan fingerprint density at radius 3 is 2.73 bits per heavy atom. The summed E-state index contributed by atoms with van der Waals surface area (Å²) >= 11 is 5.94. The summed E-state index contributed by atoms with van der Waals surface area (Å²) in [7, 11) is 0. The average Bonchev–Trinajstić information content (AvgIpc) is 2.16. The third-order valence-corrected chi connectivity index (χ3v) is 2.08. The van der Waals surface area contributed by atoms with Gasteiger partial charge in [0.2, 0.25) is 0 Å². The Hall–Kier alpha value is -0.890. The minimum atomic E-state index is 0.368. The molecule has 0 aliphatic carbocycles. The van der Waals surface area contributed by atoms with Crippen molar-refractivity contribution in [2.45, 2.75) is 33.2 Å². The highest BCUT2D eigenvalue weighted by Gasteiger charge is 2.05. The first kappa shape index (κ1) is 12.2. The van der Waals surface area contributed by atoms with Gasteiger partial charge < -0.3 is 10.1 Å². The molecular formula is C12H18ClNO. The Bertz CT molecular complexity index is 312. The van der Waals surface area contributed by atoms with Crippen LogP contribution < -0.4 is 10.1 Å². The van der Waals surface area contributed by atoms with Crippen molar-refractivity contribution in [3.8, 4) is 5.75 Å². The number of benzene rings is 1. The van der Waals surface area contributed by atoms with Crippen LogP contribution in [-0.4, -0.2) is 12.6 Å². The summed E-state index contributed by atoms with van der Waals surface area (Å²) in [5, 5.41) is 4.04. The molecular weight excluding hydrogens is 210 g/mol. The van der Waals surface area contributed by atoms with Crippen molar-refractivity contribution in [1.29, 1.82) is 0 Å². The second-order valence-corrected chi connectivity index (χ2v) is 4.22. The van der Waals surface area contributed by atoms with E-state index in [1.165, 1.54) is 0 Å². The van der Waals surface area contributed by atoms with Crippen LogP contribution in [0, 0.1) is 0 Å². The van der Waals surface area contributed by atoms with Crippen molar-refractivity contribution in [3.05, 3.63) is 23.2 Å². The van der Waals surface area contributed by atoms with Crippen LogP contribution in [0.3, 0.4) is 0 Å². The van der Waals surface area contributed by atoms with Crippen LogP contribution >= 0.6 is 11.6 Å². The molecule has 0 radical (unpaired) electrons. The van der Waals surface area contributed by atoms with Crippen molar-refractivity contribution < 1.29 is 4.74 Å². The maximum atomic E-state index is 5.94. The average molecular weight is 228 g/mol. The zero-order valence-electron chi connectivity index (χ0n) is 9.51. The highest BCUT2D eigenvalue weighted by atomic mass is 35.5. The van der Waals surface area contributed by atoms with Crippen molar-refractivity contribution in [2.24, 2.45) is 0 Å². The second kappa shape index (κ2) is 5.86. The lowest BCUT2D eigenvalue weighted by atomic mass is 10.2. The Morgan fingerprint density at radius 2 is 2.13 bits per heavy atom. The lowest BCUT2D eigenvalue weighted by Gasteiger charge is -2.15. The van der Waals surface area contributed by atoms with Gasteiger partial charge in [0.05, 0.1) is 12.3 Å². The van der Waals surface area contributed by atoms with E-state index < -0.39 is 0 Å². The zero-order valence-corrected chi connectivity index (χ0v) is 10.3. The molecule has 0 amide bonds. The fourth-order valence-electron chi connectivity index (χ4n) is 1.26. The van der Waals surface area contributed by atoms with Gasteiger partial charge in [0.25, 0.3) is 0 Å². The van der Waals surface area contributed by atoms with E-state index in [0.717, 1.165) is 29.5 Å². The Morgan fingerprint density at radius 1 is 1.40 bits per heavy atom. The summed E-state index contributed by atoms with van der Waals surface area (Å²) in [6, 6.07) is 6.01. The molecule has 2 nitrogen and oxygen atoms in total. The normalized spacial score (nSPS) is 10.5. The van der Waals surface area contributed by atoms with E-state index in [-0.39, 0.29) is 0 Å². The number of hydrogen-bond acceptors (Lipinski definition) is 2. The monoisotopic (exact) mass is 227 g/mol. The topological polar surface area (TPSA) is 21.3 Å². The molecule has 3 heteroatoms. The summed E-state index contributed by atoms with van der Waals surface area (Å²) in [6.07, 6.45) is 1.00. The standard InChI is InChI=1S/C12H18ClNO/c1-4-7-15-12-6-5-10(13)8-11(12)14-9(2)3/h5-6,8-9,14H,4,7H2,1-3H3. The number of anilines is 1. The Labute approximate surface area is 96.6 Å². The van der Waals surface area contributed by atoms with E-state index in [9.17, 15) is 0 Å². The molecule has 0 saturated carbocycles. The summed E-state index contributed by atoms with van der Waals surface area (Å²) in [5.41, 5.74) is 0.964. The fourth-order valence-corrected chi connectivity index (χ4v) is 1.44. The maximum absolute atomic E-state index is 5.94. The molecule has 0 aromatic heterocycles. The largest absolute Gasteiger partial charge is 0.491 e. The highest BCUT2D eigenvalue weighted by molar-refractivity contribution is 6.30. The molecule has 1 aromatic rings. The van der Waals surface area contributed by atoms with Gasteiger partial charge in [-0.15, -0.1) is 0 Å². The predicted molar refractivity (Wildman–Crippen MR) is 66.0 cm³/mol. The van der Waals surface area contributed by atoms with Gasteiger partial charge in [-0.05, 0) is 38.5 Å². The predicted octanol–water partition coefficient (Wildman–Crippen LogP) is 3.95. The number of halogens is 1. The van der Waals surface area contributed by atoms with Gasteiger partial charge in [0.1, 0.15) is 5.75 Å². The van der Waals surface area contributed by atoms with Crippen LogP contribution in [0.25, 0.3) is 0 Å². The van der Waals surface area contributed by atoms with Crippen LogP contribution in [0.15, 0.2) is 18.2 Å². The zero-order chi connectivity index (χ0) is 11.3. The van der Waals surface area contributed by atoms with E-state index in [1.54, 1.807) is 0 Å². The second-order valence-electron chi connectivity index (χ2n) is 3.79. The number of rotatable bonds is 5. The molecule has 15 heavy (non-hydrogen) atoms. The molecule has 1 rings (SSSR count). The van der Waals surface area contributed by atoms with Crippen LogP contribution in [0.1, 0.15) is 27.2 Å². The first-order valence-electron chi connectivity index (χ1n) is 5.32. The first-order valence-corrected chi connectivity index (χ1v) is 5.70. The van der Waals surface area contributed by atoms with Gasteiger partial charge in [-0.3, -0.25) is 0 Å². The number of nitrogens with one attached hydrogen (secondary N) is 1. The van der Waals surface area contributed by atoms with Crippen LogP contribution in [0.5, 0.6) is 5.75 Å². The smallest absolute Gasteiger partial charge is 0.142 e. The molecule has 0 spiro atoms. The fraction of sp³-hybridized carbons (Fsp3) is 0.500. The summed E-state index contributed by atoms with van der Waals surface area (Å²) in [5.74, 6) is 0.870.